The maximum atomic E-state index is 13.2. The normalized spacial score (nSPS) is 12.9. The first kappa shape index (κ1) is 12.4. The molecule has 1 rings (SSSR count). The van der Waals surface area contributed by atoms with Crippen molar-refractivity contribution in [1.82, 2.24) is 0 Å². The van der Waals surface area contributed by atoms with Gasteiger partial charge >= 0.3 is 0 Å². The van der Waals surface area contributed by atoms with Gasteiger partial charge in [-0.3, -0.25) is 0 Å². The van der Waals surface area contributed by atoms with E-state index in [1.807, 2.05) is 6.92 Å². The second-order valence-electron chi connectivity index (χ2n) is 3.70. The number of nitrogens with two attached hydrogens (primary N) is 1. The number of benzene rings is 1. The summed E-state index contributed by atoms with van der Waals surface area (Å²) < 4.78 is 18.5. The third-order valence-corrected chi connectivity index (χ3v) is 2.19. The minimum absolute atomic E-state index is 0.00187. The van der Waals surface area contributed by atoms with E-state index >= 15 is 0 Å². The first-order valence-electron chi connectivity index (χ1n) is 4.78. The van der Waals surface area contributed by atoms with Gasteiger partial charge in [0.25, 0.3) is 0 Å². The van der Waals surface area contributed by atoms with E-state index in [-0.39, 0.29) is 16.9 Å². The molecule has 0 heterocycles. The van der Waals surface area contributed by atoms with Crippen molar-refractivity contribution in [2.45, 2.75) is 26.5 Å². The first-order chi connectivity index (χ1) is 7.00. The molecule has 0 saturated carbocycles. The Bertz CT molecular complexity index is 318. The maximum absolute atomic E-state index is 13.2. The van der Waals surface area contributed by atoms with E-state index in [1.54, 1.807) is 19.1 Å². The molecule has 0 unspecified atom stereocenters. The van der Waals surface area contributed by atoms with Gasteiger partial charge in [0.05, 0.1) is 18.2 Å². The molecule has 2 nitrogen and oxygen atoms in total. The van der Waals surface area contributed by atoms with Crippen LogP contribution in [0.3, 0.4) is 0 Å². The van der Waals surface area contributed by atoms with Gasteiger partial charge in [-0.05, 0) is 31.0 Å². The fourth-order valence-electron chi connectivity index (χ4n) is 1.24. The predicted octanol–water partition coefficient (Wildman–Crippen LogP) is 2.65. The monoisotopic (exact) mass is 231 g/mol. The number of aryl methyl sites for hydroxylation is 1. The third-order valence-electron chi connectivity index (χ3n) is 1.92. The Morgan fingerprint density at radius 1 is 1.53 bits per heavy atom. The van der Waals surface area contributed by atoms with E-state index in [2.05, 4.69) is 0 Å². The number of hydrogen-bond acceptors (Lipinski definition) is 2. The zero-order valence-electron chi connectivity index (χ0n) is 8.89. The molecule has 0 fully saturated rings. The fourth-order valence-corrected chi connectivity index (χ4v) is 1.53. The van der Waals surface area contributed by atoms with Crippen LogP contribution in [0.2, 0.25) is 5.02 Å². The summed E-state index contributed by atoms with van der Waals surface area (Å²) >= 11 is 5.71. The number of rotatable bonds is 4. The quantitative estimate of drug-likeness (QED) is 0.865. The summed E-state index contributed by atoms with van der Waals surface area (Å²) in [5.74, 6) is -0.368. The van der Waals surface area contributed by atoms with Crippen molar-refractivity contribution in [2.75, 3.05) is 6.61 Å². The molecule has 0 aromatic heterocycles. The van der Waals surface area contributed by atoms with Crippen molar-refractivity contribution in [1.29, 1.82) is 0 Å². The minimum atomic E-state index is -0.368. The van der Waals surface area contributed by atoms with Crippen LogP contribution in [0.5, 0.6) is 0 Å². The molecule has 1 aromatic rings. The predicted molar refractivity (Wildman–Crippen MR) is 59.5 cm³/mol. The van der Waals surface area contributed by atoms with Crippen LogP contribution in [0.4, 0.5) is 4.39 Å². The van der Waals surface area contributed by atoms with Gasteiger partial charge in [-0.1, -0.05) is 17.7 Å². The summed E-state index contributed by atoms with van der Waals surface area (Å²) in [6, 6.07) is 3.30. The smallest absolute Gasteiger partial charge is 0.144 e. The molecule has 2 N–H and O–H groups in total. The Morgan fingerprint density at radius 3 is 2.73 bits per heavy atom. The third kappa shape index (κ3) is 3.78. The highest BCUT2D eigenvalue weighted by atomic mass is 35.5. The molecule has 0 saturated heterocycles. The van der Waals surface area contributed by atoms with E-state index in [9.17, 15) is 4.39 Å². The Hall–Kier alpha value is -0.640. The van der Waals surface area contributed by atoms with Crippen LogP contribution < -0.4 is 5.73 Å². The van der Waals surface area contributed by atoms with Gasteiger partial charge in [-0.2, -0.15) is 0 Å². The van der Waals surface area contributed by atoms with Gasteiger partial charge in [-0.25, -0.2) is 4.39 Å². The molecule has 4 heteroatoms. The van der Waals surface area contributed by atoms with Gasteiger partial charge in [-0.15, -0.1) is 0 Å². The lowest BCUT2D eigenvalue weighted by Gasteiger charge is -2.08. The molecule has 0 radical (unpaired) electrons. The largest absolute Gasteiger partial charge is 0.375 e. The molecule has 84 valence electrons. The summed E-state index contributed by atoms with van der Waals surface area (Å²) in [5, 5.41) is 0.134. The summed E-state index contributed by atoms with van der Waals surface area (Å²) in [7, 11) is 0. The van der Waals surface area contributed by atoms with Gasteiger partial charge in [0.15, 0.2) is 0 Å². The summed E-state index contributed by atoms with van der Waals surface area (Å²) in [6.45, 7) is 4.43. The highest BCUT2D eigenvalue weighted by Crippen LogP contribution is 2.20. The van der Waals surface area contributed by atoms with Crippen LogP contribution in [0.15, 0.2) is 12.1 Å². The molecular weight excluding hydrogens is 217 g/mol. The van der Waals surface area contributed by atoms with E-state index in [4.69, 9.17) is 22.1 Å². The molecule has 0 spiro atoms. The lowest BCUT2D eigenvalue weighted by atomic mass is 10.1. The van der Waals surface area contributed by atoms with Crippen LogP contribution in [0, 0.1) is 12.7 Å². The highest BCUT2D eigenvalue weighted by Gasteiger charge is 2.06. The minimum Gasteiger partial charge on any atom is -0.375 e. The lowest BCUT2D eigenvalue weighted by molar-refractivity contribution is 0.111. The fraction of sp³-hybridized carbons (Fsp3) is 0.455. The van der Waals surface area contributed by atoms with Gasteiger partial charge < -0.3 is 10.5 Å². The van der Waals surface area contributed by atoms with Crippen LogP contribution in [0.1, 0.15) is 18.1 Å². The molecule has 1 aromatic carbocycles. The SMILES string of the molecule is Cc1cc(COC[C@H](C)N)cc(Cl)c1F. The van der Waals surface area contributed by atoms with Gasteiger partial charge in [0.2, 0.25) is 0 Å². The van der Waals surface area contributed by atoms with E-state index in [0.717, 1.165) is 5.56 Å². The second-order valence-corrected chi connectivity index (χ2v) is 4.11. The van der Waals surface area contributed by atoms with Crippen LogP contribution in [-0.2, 0) is 11.3 Å². The number of hydrogen-bond donors (Lipinski definition) is 1. The van der Waals surface area contributed by atoms with E-state index in [0.29, 0.717) is 18.8 Å². The Kier molecular flexibility index (Phi) is 4.51. The molecule has 15 heavy (non-hydrogen) atoms. The Labute approximate surface area is 94.2 Å². The summed E-state index contributed by atoms with van der Waals surface area (Å²) in [5.41, 5.74) is 6.92. The van der Waals surface area contributed by atoms with Crippen molar-refractivity contribution in [2.24, 2.45) is 5.73 Å². The van der Waals surface area contributed by atoms with Crippen molar-refractivity contribution < 1.29 is 9.13 Å². The van der Waals surface area contributed by atoms with Crippen molar-refractivity contribution in [3.8, 4) is 0 Å². The summed E-state index contributed by atoms with van der Waals surface area (Å²) in [6.07, 6.45) is 0. The molecule has 1 atom stereocenters. The topological polar surface area (TPSA) is 35.2 Å². The van der Waals surface area contributed by atoms with Crippen LogP contribution in [-0.4, -0.2) is 12.6 Å². The zero-order valence-corrected chi connectivity index (χ0v) is 9.64. The second kappa shape index (κ2) is 5.45. The molecular formula is C11H15ClFNO. The Balaban J connectivity index is 2.63. The summed E-state index contributed by atoms with van der Waals surface area (Å²) in [4.78, 5) is 0. The molecule has 0 aliphatic heterocycles. The number of halogens is 2. The van der Waals surface area contributed by atoms with E-state index < -0.39 is 0 Å². The van der Waals surface area contributed by atoms with Crippen LogP contribution in [0.25, 0.3) is 0 Å². The van der Waals surface area contributed by atoms with E-state index in [1.165, 1.54) is 0 Å². The molecule has 0 aliphatic carbocycles. The maximum Gasteiger partial charge on any atom is 0.144 e. The first-order valence-corrected chi connectivity index (χ1v) is 5.16. The molecule has 0 amide bonds. The number of ether oxygens (including phenoxy) is 1. The zero-order chi connectivity index (χ0) is 11.4. The van der Waals surface area contributed by atoms with Crippen molar-refractivity contribution in [3.05, 3.63) is 34.1 Å². The Morgan fingerprint density at radius 2 is 2.20 bits per heavy atom. The van der Waals surface area contributed by atoms with Crippen molar-refractivity contribution >= 4 is 11.6 Å². The standard InChI is InChI=1S/C11H15ClFNO/c1-7-3-9(4-10(12)11(7)13)6-15-5-8(2)14/h3-4,8H,5-6,14H2,1-2H3/t8-/m0/s1. The average molecular weight is 232 g/mol. The lowest BCUT2D eigenvalue weighted by Crippen LogP contribution is -2.21. The average Bonchev–Trinajstić information content (AvgIpc) is 2.13. The van der Waals surface area contributed by atoms with Crippen LogP contribution >= 0.6 is 11.6 Å². The van der Waals surface area contributed by atoms with Crippen molar-refractivity contribution in [3.63, 3.8) is 0 Å². The van der Waals surface area contributed by atoms with Gasteiger partial charge in [0.1, 0.15) is 5.82 Å². The highest BCUT2D eigenvalue weighted by molar-refractivity contribution is 6.30. The molecule has 0 aliphatic rings. The van der Waals surface area contributed by atoms with Gasteiger partial charge in [0, 0.05) is 6.04 Å². The molecule has 0 bridgehead atoms.